The van der Waals surface area contributed by atoms with Gasteiger partial charge in [-0.05, 0) is 81.1 Å². The molecule has 150 valence electrons. The third-order valence-electron chi connectivity index (χ3n) is 9.88. The zero-order valence-corrected chi connectivity index (χ0v) is 19.3. The van der Waals surface area contributed by atoms with Crippen LogP contribution in [0.1, 0.15) is 94.9 Å². The number of phenolic OH excluding ortho intramolecular Hbond substituents is 1. The zero-order chi connectivity index (χ0) is 21.1. The second kappa shape index (κ2) is 5.50. The first-order valence-corrected chi connectivity index (χ1v) is 11.3. The highest BCUT2D eigenvalue weighted by Gasteiger charge is 2.58. The first-order valence-electron chi connectivity index (χ1n) is 11.3. The molecule has 0 saturated heterocycles. The molecule has 4 heteroatoms. The van der Waals surface area contributed by atoms with Crippen LogP contribution in [-0.4, -0.2) is 25.8 Å². The Bertz CT molecular complexity index is 1070. The van der Waals surface area contributed by atoms with Gasteiger partial charge in [0, 0.05) is 11.8 Å². The number of hydrogen-bond donors (Lipinski definition) is 1. The van der Waals surface area contributed by atoms with Gasteiger partial charge in [0.25, 0.3) is 0 Å². The van der Waals surface area contributed by atoms with Crippen molar-refractivity contribution >= 4 is 26.6 Å². The second-order valence-corrected chi connectivity index (χ2v) is 11.5. The Hall–Kier alpha value is -1.70. The van der Waals surface area contributed by atoms with E-state index in [0.29, 0.717) is 17.6 Å². The van der Waals surface area contributed by atoms with Gasteiger partial charge >= 0.3 is 0 Å². The van der Waals surface area contributed by atoms with E-state index in [1.807, 2.05) is 0 Å². The molecular weight excluding hydrogens is 352 g/mol. The minimum Gasteiger partial charge on any atom is -0.508 e. The molecule has 2 atom stereocenters. The van der Waals surface area contributed by atoms with Gasteiger partial charge in [-0.15, -0.1) is 0 Å². The molecule has 5 rings (SSSR count). The van der Waals surface area contributed by atoms with Crippen molar-refractivity contribution in [1.29, 1.82) is 0 Å². The first kappa shape index (κ1) is 19.3. The van der Waals surface area contributed by atoms with Gasteiger partial charge in [-0.3, -0.25) is 4.98 Å². The van der Waals surface area contributed by atoms with Gasteiger partial charge in [-0.25, -0.2) is 0 Å². The standard InChI is InChI=1S/C25H33B2NO/c1-23(2)18-19(24(3,4)25(23,5)6)21(27)22(29)17(20(18)26)16-10-14-12-7-8-13(9-12)15(14)11-28-16/h10-13,29H,7-9,26-27H2,1-6H3. The van der Waals surface area contributed by atoms with Gasteiger partial charge in [-0.1, -0.05) is 47.0 Å². The van der Waals surface area contributed by atoms with Gasteiger partial charge in [0.15, 0.2) is 0 Å². The van der Waals surface area contributed by atoms with Crippen molar-refractivity contribution in [3.8, 4) is 17.0 Å². The second-order valence-electron chi connectivity index (χ2n) is 11.5. The van der Waals surface area contributed by atoms with Gasteiger partial charge in [0.05, 0.1) is 5.69 Å². The van der Waals surface area contributed by atoms with Gasteiger partial charge < -0.3 is 5.11 Å². The Balaban J connectivity index is 1.79. The van der Waals surface area contributed by atoms with Crippen LogP contribution in [0, 0.1) is 5.41 Å². The van der Waals surface area contributed by atoms with Crippen molar-refractivity contribution in [2.45, 2.75) is 83.5 Å². The normalized spacial score (nSPS) is 27.1. The van der Waals surface area contributed by atoms with Crippen LogP contribution in [0.5, 0.6) is 5.75 Å². The molecule has 1 saturated carbocycles. The van der Waals surface area contributed by atoms with E-state index in [2.05, 4.69) is 69.5 Å². The molecule has 1 N–H and O–H groups in total. The lowest BCUT2D eigenvalue weighted by atomic mass is 9.58. The molecule has 2 nitrogen and oxygen atoms in total. The molecule has 0 aliphatic heterocycles. The summed E-state index contributed by atoms with van der Waals surface area (Å²) in [6.45, 7) is 14.2. The molecule has 2 unspecified atom stereocenters. The van der Waals surface area contributed by atoms with Crippen molar-refractivity contribution in [3.63, 3.8) is 0 Å². The molecular formula is C25H33B2NO. The van der Waals surface area contributed by atoms with Crippen LogP contribution >= 0.6 is 0 Å². The molecule has 3 aliphatic carbocycles. The molecule has 0 spiro atoms. The summed E-state index contributed by atoms with van der Waals surface area (Å²) in [4.78, 5) is 4.89. The molecule has 1 aromatic carbocycles. The number of aromatic hydroxyl groups is 1. The maximum atomic E-state index is 11.4. The highest BCUT2D eigenvalue weighted by Crippen LogP contribution is 2.61. The summed E-state index contributed by atoms with van der Waals surface area (Å²) < 4.78 is 0. The largest absolute Gasteiger partial charge is 0.508 e. The van der Waals surface area contributed by atoms with Crippen molar-refractivity contribution in [2.24, 2.45) is 5.41 Å². The molecule has 1 aromatic heterocycles. The summed E-state index contributed by atoms with van der Waals surface area (Å²) in [7, 11) is 4.30. The summed E-state index contributed by atoms with van der Waals surface area (Å²) in [5.74, 6) is 1.84. The van der Waals surface area contributed by atoms with Crippen molar-refractivity contribution < 1.29 is 5.11 Å². The maximum absolute atomic E-state index is 11.4. The predicted molar refractivity (Wildman–Crippen MR) is 127 cm³/mol. The maximum Gasteiger partial charge on any atom is 0.144 e. The Kier molecular flexibility index (Phi) is 3.66. The number of hydrogen-bond acceptors (Lipinski definition) is 2. The number of benzene rings is 1. The fourth-order valence-corrected chi connectivity index (χ4v) is 7.13. The smallest absolute Gasteiger partial charge is 0.144 e. The Morgan fingerprint density at radius 3 is 2.07 bits per heavy atom. The van der Waals surface area contributed by atoms with E-state index in [1.54, 1.807) is 0 Å². The number of pyridine rings is 1. The van der Waals surface area contributed by atoms with Crippen LogP contribution < -0.4 is 10.9 Å². The lowest BCUT2D eigenvalue weighted by Gasteiger charge is -2.45. The number of aromatic nitrogens is 1. The van der Waals surface area contributed by atoms with Crippen LogP contribution in [-0.2, 0) is 10.8 Å². The number of fused-ring (bicyclic) bond motifs is 6. The quantitative estimate of drug-likeness (QED) is 0.766. The van der Waals surface area contributed by atoms with Crippen molar-refractivity contribution in [3.05, 3.63) is 34.5 Å². The van der Waals surface area contributed by atoms with E-state index in [-0.39, 0.29) is 16.2 Å². The SMILES string of the molecule is Bc1c(O)c(-c2cc3c(cn2)C2CCC3C2)c(B)c2c1C(C)(C)C(C)(C)C2(C)C. The van der Waals surface area contributed by atoms with Gasteiger partial charge in [0.2, 0.25) is 0 Å². The Labute approximate surface area is 177 Å². The third-order valence-corrected chi connectivity index (χ3v) is 9.88. The van der Waals surface area contributed by atoms with Gasteiger partial charge in [0.1, 0.15) is 21.4 Å². The lowest BCUT2D eigenvalue weighted by molar-refractivity contribution is 0.125. The van der Waals surface area contributed by atoms with E-state index >= 15 is 0 Å². The monoisotopic (exact) mass is 385 g/mol. The summed E-state index contributed by atoms with van der Waals surface area (Å²) in [6.07, 6.45) is 6.03. The highest BCUT2D eigenvalue weighted by molar-refractivity contribution is 6.42. The van der Waals surface area contributed by atoms with E-state index in [9.17, 15) is 5.11 Å². The predicted octanol–water partition coefficient (Wildman–Crippen LogP) is 2.93. The van der Waals surface area contributed by atoms with Crippen molar-refractivity contribution in [1.82, 2.24) is 4.98 Å². The molecule has 2 aromatic rings. The summed E-state index contributed by atoms with van der Waals surface area (Å²) in [6, 6.07) is 2.30. The summed E-state index contributed by atoms with van der Waals surface area (Å²) in [5, 5.41) is 11.4. The van der Waals surface area contributed by atoms with Crippen molar-refractivity contribution in [2.75, 3.05) is 0 Å². The van der Waals surface area contributed by atoms with E-state index in [0.717, 1.165) is 16.7 Å². The van der Waals surface area contributed by atoms with Crippen LogP contribution in [0.25, 0.3) is 11.3 Å². The molecule has 0 amide bonds. The topological polar surface area (TPSA) is 33.1 Å². The van der Waals surface area contributed by atoms with E-state index < -0.39 is 0 Å². The summed E-state index contributed by atoms with van der Waals surface area (Å²) in [5.41, 5.74) is 9.94. The van der Waals surface area contributed by atoms with E-state index in [1.165, 1.54) is 47.0 Å². The Morgan fingerprint density at radius 2 is 1.45 bits per heavy atom. The van der Waals surface area contributed by atoms with Crippen LogP contribution in [0.3, 0.4) is 0 Å². The minimum absolute atomic E-state index is 0.0127. The number of rotatable bonds is 1. The molecule has 1 heterocycles. The third kappa shape index (κ3) is 2.09. The average molecular weight is 385 g/mol. The summed E-state index contributed by atoms with van der Waals surface area (Å²) >= 11 is 0. The molecule has 29 heavy (non-hydrogen) atoms. The van der Waals surface area contributed by atoms with Crippen LogP contribution in [0.2, 0.25) is 0 Å². The molecule has 0 radical (unpaired) electrons. The fourth-order valence-electron chi connectivity index (χ4n) is 7.13. The molecule has 2 bridgehead atoms. The van der Waals surface area contributed by atoms with E-state index in [4.69, 9.17) is 4.98 Å². The van der Waals surface area contributed by atoms with Crippen LogP contribution in [0.15, 0.2) is 12.3 Å². The molecule has 1 fully saturated rings. The average Bonchev–Trinajstić information content (AvgIpc) is 3.28. The van der Waals surface area contributed by atoms with Crippen LogP contribution in [0.4, 0.5) is 0 Å². The number of nitrogens with zero attached hydrogens (tertiary/aromatic N) is 1. The molecule has 3 aliphatic rings. The zero-order valence-electron chi connectivity index (χ0n) is 19.3. The van der Waals surface area contributed by atoms with Gasteiger partial charge in [-0.2, -0.15) is 0 Å². The first-order chi connectivity index (χ1) is 13.4. The minimum atomic E-state index is -0.0127. The number of phenols is 1. The fraction of sp³-hybridized carbons (Fsp3) is 0.560. The highest BCUT2D eigenvalue weighted by atomic mass is 16.3. The lowest BCUT2D eigenvalue weighted by Crippen LogP contribution is -2.43. The Morgan fingerprint density at radius 1 is 0.897 bits per heavy atom.